The number of halogens is 1. The number of carbonyl (C=O) groups is 1. The Morgan fingerprint density at radius 2 is 1.72 bits per heavy atom. The fraction of sp³-hybridized carbons (Fsp3) is 0. The first-order chi connectivity index (χ1) is 8.54. The average molecular weight is 262 g/mol. The van der Waals surface area contributed by atoms with Crippen molar-refractivity contribution in [3.05, 3.63) is 53.1 Å². The van der Waals surface area contributed by atoms with Gasteiger partial charge in [-0.2, -0.15) is 0 Å². The summed E-state index contributed by atoms with van der Waals surface area (Å²) in [5.74, 6) is -0.281. The molecule has 5 N–H and O–H groups in total. The van der Waals surface area contributed by atoms with Crippen molar-refractivity contribution >= 4 is 34.6 Å². The zero-order chi connectivity index (χ0) is 13.1. The summed E-state index contributed by atoms with van der Waals surface area (Å²) in [6.07, 6.45) is 0. The predicted octanol–water partition coefficient (Wildman–Crippen LogP) is 2.76. The third kappa shape index (κ3) is 2.93. The minimum absolute atomic E-state index is 0.281. The summed E-state index contributed by atoms with van der Waals surface area (Å²) < 4.78 is 0. The van der Waals surface area contributed by atoms with E-state index in [0.29, 0.717) is 27.6 Å². The van der Waals surface area contributed by atoms with Crippen molar-refractivity contribution in [1.29, 1.82) is 0 Å². The first kappa shape index (κ1) is 12.3. The van der Waals surface area contributed by atoms with Crippen LogP contribution in [-0.4, -0.2) is 5.91 Å². The maximum Gasteiger partial charge on any atom is 0.255 e. The molecule has 5 heteroatoms. The van der Waals surface area contributed by atoms with Gasteiger partial charge in [-0.3, -0.25) is 4.79 Å². The SMILES string of the molecule is Nc1cc(N)cc(C(=O)Nc2cccc(Cl)c2)c1. The summed E-state index contributed by atoms with van der Waals surface area (Å²) in [5, 5.41) is 3.27. The fourth-order valence-corrected chi connectivity index (χ4v) is 1.77. The summed E-state index contributed by atoms with van der Waals surface area (Å²) in [7, 11) is 0. The monoisotopic (exact) mass is 261 g/mol. The molecule has 0 atom stereocenters. The molecule has 0 aromatic heterocycles. The molecule has 18 heavy (non-hydrogen) atoms. The van der Waals surface area contributed by atoms with Crippen LogP contribution in [0.15, 0.2) is 42.5 Å². The first-order valence-corrected chi connectivity index (χ1v) is 5.65. The van der Waals surface area contributed by atoms with Crippen LogP contribution in [0.25, 0.3) is 0 Å². The van der Waals surface area contributed by atoms with Crippen LogP contribution < -0.4 is 16.8 Å². The minimum atomic E-state index is -0.281. The Kier molecular flexibility index (Phi) is 3.39. The van der Waals surface area contributed by atoms with Crippen LogP contribution in [0.3, 0.4) is 0 Å². The molecule has 0 aliphatic carbocycles. The van der Waals surface area contributed by atoms with Crippen molar-refractivity contribution in [3.63, 3.8) is 0 Å². The summed E-state index contributed by atoms with van der Waals surface area (Å²) in [6, 6.07) is 11.6. The number of rotatable bonds is 2. The largest absolute Gasteiger partial charge is 0.399 e. The number of nitrogens with one attached hydrogen (secondary N) is 1. The lowest BCUT2D eigenvalue weighted by molar-refractivity contribution is 0.102. The van der Waals surface area contributed by atoms with Gasteiger partial charge in [-0.15, -0.1) is 0 Å². The molecule has 0 spiro atoms. The van der Waals surface area contributed by atoms with Crippen LogP contribution in [0, 0.1) is 0 Å². The second-order valence-corrected chi connectivity index (χ2v) is 4.29. The molecule has 2 aromatic carbocycles. The van der Waals surface area contributed by atoms with Gasteiger partial charge in [0.05, 0.1) is 0 Å². The standard InChI is InChI=1S/C13H12ClN3O/c14-9-2-1-3-12(6-9)17-13(18)8-4-10(15)7-11(16)5-8/h1-7H,15-16H2,(H,17,18). The zero-order valence-corrected chi connectivity index (χ0v) is 10.2. The van der Waals surface area contributed by atoms with Crippen molar-refractivity contribution in [2.75, 3.05) is 16.8 Å². The number of hydrogen-bond donors (Lipinski definition) is 3. The van der Waals surface area contributed by atoms with Crippen LogP contribution in [0.2, 0.25) is 5.02 Å². The van der Waals surface area contributed by atoms with Gasteiger partial charge in [0.25, 0.3) is 5.91 Å². The fourth-order valence-electron chi connectivity index (χ4n) is 1.58. The highest BCUT2D eigenvalue weighted by molar-refractivity contribution is 6.31. The Morgan fingerprint density at radius 1 is 1.06 bits per heavy atom. The number of amides is 1. The molecular weight excluding hydrogens is 250 g/mol. The van der Waals surface area contributed by atoms with Crippen molar-refractivity contribution in [2.24, 2.45) is 0 Å². The Labute approximate surface area is 110 Å². The Morgan fingerprint density at radius 3 is 2.33 bits per heavy atom. The maximum absolute atomic E-state index is 12.0. The summed E-state index contributed by atoms with van der Waals surface area (Å²) >= 11 is 5.83. The van der Waals surface area contributed by atoms with E-state index in [1.165, 1.54) is 0 Å². The third-order valence-electron chi connectivity index (χ3n) is 2.32. The van der Waals surface area contributed by atoms with Gasteiger partial charge in [0.15, 0.2) is 0 Å². The van der Waals surface area contributed by atoms with Crippen molar-refractivity contribution in [2.45, 2.75) is 0 Å². The number of hydrogen-bond acceptors (Lipinski definition) is 3. The van der Waals surface area contributed by atoms with E-state index in [1.807, 2.05) is 0 Å². The normalized spacial score (nSPS) is 10.1. The van der Waals surface area contributed by atoms with Crippen LogP contribution in [0.5, 0.6) is 0 Å². The van der Waals surface area contributed by atoms with E-state index in [9.17, 15) is 4.79 Å². The lowest BCUT2D eigenvalue weighted by Crippen LogP contribution is -2.12. The highest BCUT2D eigenvalue weighted by Crippen LogP contribution is 2.18. The second kappa shape index (κ2) is 4.98. The summed E-state index contributed by atoms with van der Waals surface area (Å²) in [6.45, 7) is 0. The average Bonchev–Trinajstić information content (AvgIpc) is 2.27. The molecule has 92 valence electrons. The van der Waals surface area contributed by atoms with Crippen molar-refractivity contribution in [1.82, 2.24) is 0 Å². The molecule has 2 aromatic rings. The predicted molar refractivity (Wildman–Crippen MR) is 74.7 cm³/mol. The van der Waals surface area contributed by atoms with E-state index < -0.39 is 0 Å². The smallest absolute Gasteiger partial charge is 0.255 e. The van der Waals surface area contributed by atoms with E-state index in [2.05, 4.69) is 5.32 Å². The lowest BCUT2D eigenvalue weighted by atomic mass is 10.1. The van der Waals surface area contributed by atoms with Gasteiger partial charge < -0.3 is 16.8 Å². The van der Waals surface area contributed by atoms with E-state index in [4.69, 9.17) is 23.1 Å². The molecule has 0 aliphatic heterocycles. The van der Waals surface area contributed by atoms with E-state index in [-0.39, 0.29) is 5.91 Å². The Hall–Kier alpha value is -2.20. The summed E-state index contributed by atoms with van der Waals surface area (Å²) in [4.78, 5) is 12.0. The van der Waals surface area contributed by atoms with Crippen LogP contribution in [0.1, 0.15) is 10.4 Å². The molecule has 0 fully saturated rings. The van der Waals surface area contributed by atoms with Crippen LogP contribution in [-0.2, 0) is 0 Å². The molecule has 0 radical (unpaired) electrons. The summed E-state index contributed by atoms with van der Waals surface area (Å²) in [5.41, 5.74) is 13.2. The zero-order valence-electron chi connectivity index (χ0n) is 9.48. The van der Waals surface area contributed by atoms with E-state index >= 15 is 0 Å². The second-order valence-electron chi connectivity index (χ2n) is 3.85. The molecule has 4 nitrogen and oxygen atoms in total. The Bertz CT molecular complexity index is 578. The van der Waals surface area contributed by atoms with E-state index in [0.717, 1.165) is 0 Å². The van der Waals surface area contributed by atoms with Crippen LogP contribution in [0.4, 0.5) is 17.1 Å². The first-order valence-electron chi connectivity index (χ1n) is 5.27. The van der Waals surface area contributed by atoms with Gasteiger partial charge in [-0.05, 0) is 36.4 Å². The number of benzene rings is 2. The van der Waals surface area contributed by atoms with Gasteiger partial charge in [0.2, 0.25) is 0 Å². The van der Waals surface area contributed by atoms with Gasteiger partial charge >= 0.3 is 0 Å². The molecule has 0 saturated heterocycles. The molecule has 2 rings (SSSR count). The number of nitrogen functional groups attached to an aromatic ring is 2. The molecule has 1 amide bonds. The van der Waals surface area contributed by atoms with Gasteiger partial charge in [-0.25, -0.2) is 0 Å². The maximum atomic E-state index is 12.0. The van der Waals surface area contributed by atoms with Gasteiger partial charge in [0.1, 0.15) is 0 Å². The quantitative estimate of drug-likeness (QED) is 0.727. The topological polar surface area (TPSA) is 81.1 Å². The Balaban J connectivity index is 2.22. The molecular formula is C13H12ClN3O. The van der Waals surface area contributed by atoms with Crippen LogP contribution >= 0.6 is 11.6 Å². The molecule has 0 saturated carbocycles. The molecule has 0 unspecified atom stereocenters. The van der Waals surface area contributed by atoms with Gasteiger partial charge in [-0.1, -0.05) is 17.7 Å². The molecule has 0 aliphatic rings. The van der Waals surface area contributed by atoms with E-state index in [1.54, 1.807) is 42.5 Å². The number of carbonyl (C=O) groups excluding carboxylic acids is 1. The highest BCUT2D eigenvalue weighted by Gasteiger charge is 2.07. The van der Waals surface area contributed by atoms with Crippen molar-refractivity contribution < 1.29 is 4.79 Å². The molecule has 0 heterocycles. The number of anilines is 3. The highest BCUT2D eigenvalue weighted by atomic mass is 35.5. The third-order valence-corrected chi connectivity index (χ3v) is 2.56. The molecule has 0 bridgehead atoms. The number of nitrogens with two attached hydrogens (primary N) is 2. The van der Waals surface area contributed by atoms with Gasteiger partial charge in [0, 0.05) is 27.6 Å². The minimum Gasteiger partial charge on any atom is -0.399 e. The lowest BCUT2D eigenvalue weighted by Gasteiger charge is -2.07. The van der Waals surface area contributed by atoms with Crippen molar-refractivity contribution in [3.8, 4) is 0 Å².